The van der Waals surface area contributed by atoms with Crippen LogP contribution in [0.3, 0.4) is 0 Å². The molecule has 2 aromatic carbocycles. The monoisotopic (exact) mass is 2120 g/mol. The number of hydrogen-bond donors (Lipinski definition) is 33. The average Bonchev–Trinajstić information content (AvgIpc) is 1.60. The number of nitrogens with zero attached hydrogens (tertiary/aromatic N) is 2. The first-order chi connectivity index (χ1) is 70.6. The number of primary amides is 3. The van der Waals surface area contributed by atoms with Crippen molar-refractivity contribution < 1.29 is 126 Å². The average molecular weight is 2120 g/mol. The predicted molar refractivity (Wildman–Crippen MR) is 538 cm³/mol. The molecule has 1 fully saturated rings. The van der Waals surface area contributed by atoms with E-state index in [1.807, 2.05) is 0 Å². The lowest BCUT2D eigenvalue weighted by Crippen LogP contribution is -2.63. The molecule has 1 saturated heterocycles. The molecule has 20 amide bonds. The number of aromatic amines is 1. The third-order valence-electron chi connectivity index (χ3n) is 23.6. The van der Waals surface area contributed by atoms with Crippen LogP contribution in [-0.4, -0.2) is 331 Å². The number of aliphatic carboxylic acids is 1. The van der Waals surface area contributed by atoms with Gasteiger partial charge in [0.15, 0.2) is 11.9 Å². The Hall–Kier alpha value is -15.3. The summed E-state index contributed by atoms with van der Waals surface area (Å²) in [6.45, 7) is 11.0. The second-order valence-electron chi connectivity index (χ2n) is 37.7. The zero-order valence-corrected chi connectivity index (χ0v) is 85.5. The molecular formula is C94H150N30O26. The fourth-order valence-corrected chi connectivity index (χ4v) is 15.5. The maximum absolute atomic E-state index is 15.3. The molecule has 1 aliphatic rings. The molecule has 0 spiro atoms. The standard InChI is InChI=1S/C94H150N30O26/c1-46(2)36-62(116-78(136)56(96)28-31-72(132)133)84(142)118-64(40-54-42-104-45-108-54)85(143)111-58(21-15-33-105-93(100)101)80(138)117-63(37-47(3)4)83(141)113-60(29-30-69(97)129)82(140)123-75(51(9)127)91(149)120-66(39-53-24-26-55(128)27-25-53)92(150)124-35-17-23-68(124)88(146)114-59(22-16-34-106-94(102)103)81(139)122-74(50(8)126)90(148)119-65(41-70(98)130)86(144)121-73(48(5)6)89(147)107-43-71(131)110-67(44-125)87(145)112-57(20-13-14-32-95)79(137)109-49(7)77(135)115-61(76(99)134)38-52-18-11-10-12-19-52/h10-12,18-19,24-27,42,45-51,56-68,73-75,125-128H,13-17,20-23,28-41,43-44,95-96H2,1-9H3,(H2,97,129)(H2,98,130)(H2,99,134)(H,104,108)(H,107,147)(H,109,137)(H,110,131)(H,111,143)(H,112,145)(H,113,141)(H,114,146)(H,115,135)(H,116,136)(H,117,138)(H,118,142)(H,119,148)(H,120,149)(H,121,144)(H,122,139)(H,123,140)(H,132,133)(H4,100,101,105)(H4,102,103,106)/t49-,50+,51+,56-,57-,58-,59-,60-,61-,62-,63-,64-,65-,66-,67-,68-,73-,74-,75-/m0/s1. The Bertz CT molecular complexity index is 5070. The molecule has 1 aliphatic heterocycles. The van der Waals surface area contributed by atoms with Gasteiger partial charge >= 0.3 is 5.97 Å². The number of imidazole rings is 1. The number of phenols is 1. The number of H-pyrrole nitrogens is 1. The van der Waals surface area contributed by atoms with Crippen molar-refractivity contribution in [2.45, 2.75) is 299 Å². The number of rotatable bonds is 68. The van der Waals surface area contributed by atoms with Crippen LogP contribution in [-0.2, 0) is 120 Å². The molecular weight excluding hydrogens is 1970 g/mol. The largest absolute Gasteiger partial charge is 0.508 e. The quantitative estimate of drug-likeness (QED) is 0.0142. The smallest absolute Gasteiger partial charge is 0.303 e. The van der Waals surface area contributed by atoms with Crippen molar-refractivity contribution in [3.05, 3.63) is 83.9 Å². The van der Waals surface area contributed by atoms with Crippen molar-refractivity contribution >= 4 is 136 Å². The van der Waals surface area contributed by atoms with Gasteiger partial charge in [-0.1, -0.05) is 84.0 Å². The minimum absolute atomic E-state index is 0.00665. The van der Waals surface area contributed by atoms with Gasteiger partial charge in [0.1, 0.15) is 102 Å². The summed E-state index contributed by atoms with van der Waals surface area (Å²) in [5.41, 5.74) is 40.6. The van der Waals surface area contributed by atoms with Crippen molar-refractivity contribution in [3.63, 3.8) is 0 Å². The number of carbonyl (C=O) groups is 21. The number of phenolic OH excluding ortho intramolecular Hbond substituents is 1. The van der Waals surface area contributed by atoms with Crippen LogP contribution >= 0.6 is 0 Å². The number of carbonyl (C=O) groups excluding carboxylic acids is 20. The van der Waals surface area contributed by atoms with E-state index in [1.54, 1.807) is 58.0 Å². The highest BCUT2D eigenvalue weighted by Crippen LogP contribution is 2.23. The first-order valence-electron chi connectivity index (χ1n) is 49.2. The number of carboxylic acid groups (broad SMARTS) is 1. The van der Waals surface area contributed by atoms with E-state index in [-0.39, 0.29) is 133 Å². The summed E-state index contributed by atoms with van der Waals surface area (Å²) >= 11 is 0. The Labute approximate surface area is 866 Å². The SMILES string of the molecule is CC(C)C[C@H](NC(=O)[C@H](CCCNC(=N)N)NC(=O)[C@H](Cc1c[nH]cn1)NC(=O)[C@H](CC(C)C)NC(=O)[C@@H](N)CCC(=O)O)C(=O)N[C@@H](CCC(N)=O)C(=O)N[C@H](C(=O)N[C@@H](Cc1ccc(O)cc1)C(=O)N1CCC[C@H]1C(=O)N[C@@H](CCCNC(=N)N)C(=O)N[C@H](C(=O)N[C@@H](CC(N)=O)C(=O)N[C@H](C(=O)NCC(=O)N[C@@H](CO)C(=O)N[C@@H](CCCCN)C(=O)N[C@@H](C)C(=O)N[C@@H](Cc1ccccc1)C(N)=O)C(C)C)[C@@H](C)O)[C@@H](C)O. The van der Waals surface area contributed by atoms with Crippen LogP contribution in [0.5, 0.6) is 5.75 Å². The summed E-state index contributed by atoms with van der Waals surface area (Å²) in [6, 6.07) is -13.6. The molecule has 832 valence electrons. The first-order valence-corrected chi connectivity index (χ1v) is 49.2. The molecule has 0 bridgehead atoms. The molecule has 0 radical (unpaired) electrons. The van der Waals surface area contributed by atoms with Crippen LogP contribution < -0.4 is 136 Å². The number of aromatic nitrogens is 2. The molecule has 150 heavy (non-hydrogen) atoms. The van der Waals surface area contributed by atoms with Gasteiger partial charge in [-0.15, -0.1) is 0 Å². The molecule has 0 unspecified atom stereocenters. The van der Waals surface area contributed by atoms with Gasteiger partial charge in [-0.05, 0) is 152 Å². The molecule has 1 aromatic heterocycles. The Morgan fingerprint density at radius 2 is 0.893 bits per heavy atom. The summed E-state index contributed by atoms with van der Waals surface area (Å²) in [7, 11) is 0. The number of nitrogens with one attached hydrogen (secondary N) is 21. The molecule has 56 heteroatoms. The number of aromatic hydroxyl groups is 1. The summed E-state index contributed by atoms with van der Waals surface area (Å²) in [6.07, 6.45) is -4.91. The maximum atomic E-state index is 15.3. The highest BCUT2D eigenvalue weighted by molar-refractivity contribution is 6.03. The third-order valence-corrected chi connectivity index (χ3v) is 23.6. The number of carboxylic acids is 1. The zero-order chi connectivity index (χ0) is 112. The van der Waals surface area contributed by atoms with E-state index in [2.05, 4.69) is 106 Å². The fourth-order valence-electron chi connectivity index (χ4n) is 15.5. The van der Waals surface area contributed by atoms with Crippen LogP contribution in [0.4, 0.5) is 0 Å². The van der Waals surface area contributed by atoms with Crippen molar-refractivity contribution in [2.75, 3.05) is 39.3 Å². The molecule has 40 N–H and O–H groups in total. The van der Waals surface area contributed by atoms with Crippen molar-refractivity contribution in [3.8, 4) is 5.75 Å². The Balaban J connectivity index is 1.58. The van der Waals surface area contributed by atoms with Crippen molar-refractivity contribution in [1.82, 2.24) is 111 Å². The topological polar surface area (TPSA) is 938 Å². The van der Waals surface area contributed by atoms with Crippen LogP contribution in [0.15, 0.2) is 67.1 Å². The van der Waals surface area contributed by atoms with Crippen LogP contribution in [0.1, 0.15) is 182 Å². The van der Waals surface area contributed by atoms with E-state index in [0.29, 0.717) is 12.0 Å². The number of likely N-dealkylation sites (tertiary alicyclic amines) is 1. The Morgan fingerprint density at radius 3 is 1.38 bits per heavy atom. The lowest BCUT2D eigenvalue weighted by molar-refractivity contribution is -0.143. The predicted octanol–water partition coefficient (Wildman–Crippen LogP) is -10.5. The third kappa shape index (κ3) is 46.0. The Kier molecular flexibility index (Phi) is 54.8. The molecule has 56 nitrogen and oxygen atoms in total. The summed E-state index contributed by atoms with van der Waals surface area (Å²) in [4.78, 5) is 299. The minimum Gasteiger partial charge on any atom is -0.508 e. The number of benzene rings is 2. The van der Waals surface area contributed by atoms with E-state index in [9.17, 15) is 121 Å². The molecule has 3 aromatic rings. The molecule has 0 saturated carbocycles. The van der Waals surface area contributed by atoms with Gasteiger partial charge in [-0.25, -0.2) is 4.98 Å². The van der Waals surface area contributed by atoms with Gasteiger partial charge in [-0.2, -0.15) is 0 Å². The van der Waals surface area contributed by atoms with E-state index in [4.69, 9.17) is 51.0 Å². The summed E-state index contributed by atoms with van der Waals surface area (Å²) in [5.74, 6) is -25.0. The molecule has 2 heterocycles. The first kappa shape index (κ1) is 127. The van der Waals surface area contributed by atoms with E-state index in [1.165, 1.54) is 57.6 Å². The summed E-state index contributed by atoms with van der Waals surface area (Å²) in [5, 5.41) is 112. The highest BCUT2D eigenvalue weighted by Gasteiger charge is 2.44. The van der Waals surface area contributed by atoms with Gasteiger partial charge < -0.3 is 171 Å². The number of nitrogens with two attached hydrogens (primary N) is 7. The van der Waals surface area contributed by atoms with Crippen molar-refractivity contribution in [1.29, 1.82) is 10.8 Å². The lowest BCUT2D eigenvalue weighted by Gasteiger charge is -2.32. The maximum Gasteiger partial charge on any atom is 0.303 e. The summed E-state index contributed by atoms with van der Waals surface area (Å²) < 4.78 is 0. The Morgan fingerprint density at radius 1 is 0.447 bits per heavy atom. The number of guanidine groups is 2. The van der Waals surface area contributed by atoms with Gasteiger partial charge in [0.25, 0.3) is 0 Å². The molecule has 4 rings (SSSR count). The lowest BCUT2D eigenvalue weighted by atomic mass is 10.00. The highest BCUT2D eigenvalue weighted by atomic mass is 16.4. The van der Waals surface area contributed by atoms with Crippen LogP contribution in [0.25, 0.3) is 0 Å². The number of unbranched alkanes of at least 4 members (excludes halogenated alkanes) is 1. The van der Waals surface area contributed by atoms with E-state index in [0.717, 1.165) is 18.7 Å². The van der Waals surface area contributed by atoms with Crippen LogP contribution in [0, 0.1) is 28.6 Å². The molecule has 0 aliphatic carbocycles. The second kappa shape index (κ2) is 64.7. The van der Waals surface area contributed by atoms with Gasteiger partial charge in [0, 0.05) is 57.9 Å². The van der Waals surface area contributed by atoms with Gasteiger partial charge in [0.2, 0.25) is 118 Å². The number of hydrogen-bond acceptors (Lipinski definition) is 30. The fraction of sp³-hybridized carbons (Fsp3) is 0.596. The zero-order valence-electron chi connectivity index (χ0n) is 85.5. The van der Waals surface area contributed by atoms with Crippen LogP contribution in [0.2, 0.25) is 0 Å². The number of aliphatic hydroxyl groups excluding tert-OH is 3. The number of aliphatic hydroxyl groups is 3. The minimum atomic E-state index is -2.06. The number of amides is 20. The molecule has 19 atom stereocenters. The van der Waals surface area contributed by atoms with Gasteiger partial charge in [0.05, 0.1) is 49.8 Å². The normalized spacial score (nSPS) is 15.8. The second-order valence-corrected chi connectivity index (χ2v) is 37.7. The van der Waals surface area contributed by atoms with E-state index < -0.39 is 308 Å². The van der Waals surface area contributed by atoms with Gasteiger partial charge in [-0.3, -0.25) is 112 Å². The van der Waals surface area contributed by atoms with Crippen molar-refractivity contribution in [2.24, 2.45) is 57.9 Å². The van der Waals surface area contributed by atoms with E-state index >= 15 is 4.79 Å².